The number of aryl methyl sites for hydroxylation is 1. The Hall–Kier alpha value is -2.28. The Morgan fingerprint density at radius 1 is 1.42 bits per heavy atom. The van der Waals surface area contributed by atoms with Gasteiger partial charge in [0.05, 0.1) is 0 Å². The van der Waals surface area contributed by atoms with Crippen LogP contribution in [0.2, 0.25) is 0 Å². The highest BCUT2D eigenvalue weighted by Crippen LogP contribution is 2.21. The number of amides is 1. The highest BCUT2D eigenvalue weighted by Gasteiger charge is 2.29. The highest BCUT2D eigenvalue weighted by molar-refractivity contribution is 5.90. The topological polar surface area (TPSA) is 77.0 Å². The van der Waals surface area contributed by atoms with Gasteiger partial charge >= 0.3 is 0 Å². The van der Waals surface area contributed by atoms with E-state index in [1.807, 2.05) is 13.8 Å². The lowest BCUT2D eigenvalue weighted by Crippen LogP contribution is -2.45. The maximum absolute atomic E-state index is 14.2. The van der Waals surface area contributed by atoms with Crippen LogP contribution in [0.5, 0.6) is 0 Å². The van der Waals surface area contributed by atoms with Crippen LogP contribution in [0.1, 0.15) is 49.6 Å². The summed E-state index contributed by atoms with van der Waals surface area (Å²) in [5, 5.41) is 4.35. The Labute approximate surface area is 153 Å². The van der Waals surface area contributed by atoms with Crippen molar-refractivity contribution in [3.63, 3.8) is 0 Å². The van der Waals surface area contributed by atoms with Gasteiger partial charge in [0.25, 0.3) is 5.91 Å². The van der Waals surface area contributed by atoms with Gasteiger partial charge in [0, 0.05) is 25.6 Å². The van der Waals surface area contributed by atoms with Crippen molar-refractivity contribution in [3.8, 4) is 5.69 Å². The zero-order valence-electron chi connectivity index (χ0n) is 15.4. The van der Waals surface area contributed by atoms with Crippen LogP contribution in [-0.2, 0) is 6.42 Å². The second-order valence-electron chi connectivity index (χ2n) is 6.98. The monoisotopic (exact) mass is 359 g/mol. The van der Waals surface area contributed by atoms with E-state index in [-0.39, 0.29) is 29.5 Å². The number of carbonyl (C=O) groups excluding carboxylic acids is 1. The fraction of sp³-hybridized carbons (Fsp3) is 0.526. The summed E-state index contributed by atoms with van der Waals surface area (Å²) >= 11 is 0. The first-order valence-electron chi connectivity index (χ1n) is 9.27. The smallest absolute Gasteiger partial charge is 0.293 e. The highest BCUT2D eigenvalue weighted by atomic mass is 19.1. The average Bonchev–Trinajstić information content (AvgIpc) is 3.05. The third-order valence-electron chi connectivity index (χ3n) is 4.91. The van der Waals surface area contributed by atoms with Gasteiger partial charge in [0.2, 0.25) is 5.82 Å². The second-order valence-corrected chi connectivity index (χ2v) is 6.98. The van der Waals surface area contributed by atoms with Crippen molar-refractivity contribution in [2.45, 2.75) is 45.6 Å². The predicted molar refractivity (Wildman–Crippen MR) is 97.6 cm³/mol. The molecule has 1 aromatic carbocycles. The van der Waals surface area contributed by atoms with Gasteiger partial charge in [-0.2, -0.15) is 0 Å². The number of benzene rings is 1. The molecule has 0 radical (unpaired) electrons. The molecule has 2 atom stereocenters. The molecule has 2 aromatic rings. The van der Waals surface area contributed by atoms with E-state index in [4.69, 9.17) is 5.73 Å². The van der Waals surface area contributed by atoms with Gasteiger partial charge in [-0.3, -0.25) is 4.79 Å². The van der Waals surface area contributed by atoms with Crippen molar-refractivity contribution >= 4 is 5.91 Å². The van der Waals surface area contributed by atoms with Gasteiger partial charge in [-0.05, 0) is 44.2 Å². The molecule has 140 valence electrons. The summed E-state index contributed by atoms with van der Waals surface area (Å²) in [6.45, 7) is 5.29. The van der Waals surface area contributed by atoms with E-state index in [9.17, 15) is 9.18 Å². The quantitative estimate of drug-likeness (QED) is 0.890. The Balaban J connectivity index is 1.90. The molecule has 1 saturated heterocycles. The lowest BCUT2D eigenvalue weighted by atomic mass is 9.92. The zero-order chi connectivity index (χ0) is 18.7. The number of likely N-dealkylation sites (tertiary alicyclic amines) is 1. The Morgan fingerprint density at radius 2 is 2.19 bits per heavy atom. The third-order valence-corrected chi connectivity index (χ3v) is 4.91. The van der Waals surface area contributed by atoms with Crippen molar-refractivity contribution in [2.24, 2.45) is 11.7 Å². The molecule has 1 aliphatic heterocycles. The standard InChI is InChI=1S/C19H26FN5O/c1-3-7-17-22-18(23-25(17)16-10-5-4-9-15(16)20)19(26)24-11-6-8-14(12-24)13(2)21/h4-5,9-10,13-14H,3,6-8,11-12,21H2,1-2H3/t13-,14-/m1/s1. The Morgan fingerprint density at radius 3 is 2.88 bits per heavy atom. The fourth-order valence-corrected chi connectivity index (χ4v) is 3.40. The number of carbonyl (C=O) groups is 1. The van der Waals surface area contributed by atoms with E-state index >= 15 is 0 Å². The molecule has 0 spiro atoms. The van der Waals surface area contributed by atoms with Crippen LogP contribution in [0.4, 0.5) is 4.39 Å². The first-order valence-corrected chi connectivity index (χ1v) is 9.27. The Bertz CT molecular complexity index is 773. The van der Waals surface area contributed by atoms with Crippen LogP contribution in [-0.4, -0.2) is 44.7 Å². The molecule has 7 heteroatoms. The van der Waals surface area contributed by atoms with Crippen LogP contribution >= 0.6 is 0 Å². The van der Waals surface area contributed by atoms with Crippen LogP contribution < -0.4 is 5.73 Å². The summed E-state index contributed by atoms with van der Waals surface area (Å²) in [6, 6.07) is 6.44. The largest absolute Gasteiger partial charge is 0.336 e. The van der Waals surface area contributed by atoms with E-state index < -0.39 is 0 Å². The van der Waals surface area contributed by atoms with Gasteiger partial charge in [-0.25, -0.2) is 14.1 Å². The average molecular weight is 359 g/mol. The second kappa shape index (κ2) is 7.95. The van der Waals surface area contributed by atoms with Crippen LogP contribution in [0.25, 0.3) is 5.69 Å². The molecular formula is C19H26FN5O. The number of aromatic nitrogens is 3. The number of para-hydroxylation sites is 1. The SMILES string of the molecule is CCCc1nc(C(=O)N2CCC[C@@H]([C@@H](C)N)C2)nn1-c1ccccc1F. The zero-order valence-corrected chi connectivity index (χ0v) is 15.4. The molecule has 0 bridgehead atoms. The van der Waals surface area contributed by atoms with Gasteiger partial charge in [0.15, 0.2) is 0 Å². The minimum Gasteiger partial charge on any atom is -0.336 e. The molecule has 1 aromatic heterocycles. The molecule has 1 amide bonds. The first kappa shape index (κ1) is 18.5. The Kier molecular flexibility index (Phi) is 5.66. The van der Waals surface area contributed by atoms with Crippen molar-refractivity contribution < 1.29 is 9.18 Å². The lowest BCUT2D eigenvalue weighted by Gasteiger charge is -2.33. The molecule has 2 N–H and O–H groups in total. The van der Waals surface area contributed by atoms with Gasteiger partial charge < -0.3 is 10.6 Å². The summed E-state index contributed by atoms with van der Waals surface area (Å²) in [5.41, 5.74) is 6.33. The minimum atomic E-state index is -0.385. The number of nitrogens with zero attached hydrogens (tertiary/aromatic N) is 4. The lowest BCUT2D eigenvalue weighted by molar-refractivity contribution is 0.0648. The van der Waals surface area contributed by atoms with Gasteiger partial charge in [-0.15, -0.1) is 5.10 Å². The summed E-state index contributed by atoms with van der Waals surface area (Å²) in [5.74, 6) is 0.423. The molecule has 0 unspecified atom stereocenters. The number of nitrogens with two attached hydrogens (primary N) is 1. The van der Waals surface area contributed by atoms with Crippen LogP contribution in [0.3, 0.4) is 0 Å². The molecule has 0 aliphatic carbocycles. The normalized spacial score (nSPS) is 18.8. The van der Waals surface area contributed by atoms with E-state index in [1.54, 1.807) is 23.1 Å². The molecule has 6 nitrogen and oxygen atoms in total. The summed E-state index contributed by atoms with van der Waals surface area (Å²) < 4.78 is 15.7. The number of piperidine rings is 1. The van der Waals surface area contributed by atoms with Gasteiger partial charge in [0.1, 0.15) is 17.3 Å². The van der Waals surface area contributed by atoms with Crippen LogP contribution in [0, 0.1) is 11.7 Å². The molecule has 26 heavy (non-hydrogen) atoms. The summed E-state index contributed by atoms with van der Waals surface area (Å²) in [7, 11) is 0. The van der Waals surface area contributed by atoms with Crippen molar-refractivity contribution in [1.29, 1.82) is 0 Å². The van der Waals surface area contributed by atoms with E-state index in [0.29, 0.717) is 31.0 Å². The van der Waals surface area contributed by atoms with Crippen LogP contribution in [0.15, 0.2) is 24.3 Å². The van der Waals surface area contributed by atoms with Crippen molar-refractivity contribution in [3.05, 3.63) is 41.7 Å². The van der Waals surface area contributed by atoms with Gasteiger partial charge in [-0.1, -0.05) is 19.1 Å². The first-order chi connectivity index (χ1) is 12.5. The predicted octanol–water partition coefficient (Wildman–Crippen LogP) is 2.56. The number of halogens is 1. The molecule has 1 fully saturated rings. The minimum absolute atomic E-state index is 0.0465. The fourth-order valence-electron chi connectivity index (χ4n) is 3.40. The molecule has 1 aliphatic rings. The number of rotatable bonds is 5. The third kappa shape index (κ3) is 3.77. The molecular weight excluding hydrogens is 333 g/mol. The van der Waals surface area contributed by atoms with E-state index in [0.717, 1.165) is 19.3 Å². The molecule has 2 heterocycles. The maximum Gasteiger partial charge on any atom is 0.293 e. The van der Waals surface area contributed by atoms with Crippen molar-refractivity contribution in [2.75, 3.05) is 13.1 Å². The van der Waals surface area contributed by atoms with E-state index in [1.165, 1.54) is 10.7 Å². The maximum atomic E-state index is 14.2. The summed E-state index contributed by atoms with van der Waals surface area (Å²) in [4.78, 5) is 19.1. The van der Waals surface area contributed by atoms with E-state index in [2.05, 4.69) is 10.1 Å². The number of hydrogen-bond donors (Lipinski definition) is 1. The van der Waals surface area contributed by atoms with Crippen molar-refractivity contribution in [1.82, 2.24) is 19.7 Å². The summed E-state index contributed by atoms with van der Waals surface area (Å²) in [6.07, 6.45) is 3.40. The number of hydrogen-bond acceptors (Lipinski definition) is 4. The molecule has 3 rings (SSSR count). The molecule has 0 saturated carbocycles.